The zero-order valence-electron chi connectivity index (χ0n) is 12.0. The lowest BCUT2D eigenvalue weighted by Gasteiger charge is -2.06. The summed E-state index contributed by atoms with van der Waals surface area (Å²) < 4.78 is 24.7. The van der Waals surface area contributed by atoms with Crippen molar-refractivity contribution in [3.63, 3.8) is 0 Å². The maximum Gasteiger partial charge on any atom is 0.182 e. The molecule has 0 aliphatic rings. The minimum atomic E-state index is -3.25. The Morgan fingerprint density at radius 3 is 2.00 bits per heavy atom. The third-order valence-corrected chi connectivity index (χ3v) is 5.50. The number of hydrogen-bond donors (Lipinski definition) is 0. The molecule has 2 nitrogen and oxygen atoms in total. The van der Waals surface area contributed by atoms with E-state index in [4.69, 9.17) is 0 Å². The van der Waals surface area contributed by atoms with Crippen molar-refractivity contribution >= 4 is 20.1 Å². The van der Waals surface area contributed by atoms with E-state index >= 15 is 0 Å². The van der Waals surface area contributed by atoms with Gasteiger partial charge in [-0.3, -0.25) is 0 Å². The molecule has 0 heterocycles. The minimum absolute atomic E-state index is 0.0667. The van der Waals surface area contributed by atoms with E-state index in [1.807, 2.05) is 43.3 Å². The van der Waals surface area contributed by atoms with Crippen LogP contribution in [-0.4, -0.2) is 18.7 Å². The van der Waals surface area contributed by atoms with E-state index in [9.17, 15) is 8.42 Å². The molecule has 2 aromatic rings. The maximum absolute atomic E-state index is 12.3. The summed E-state index contributed by atoms with van der Waals surface area (Å²) >= 11 is 0. The van der Waals surface area contributed by atoms with Crippen LogP contribution in [0.4, 0.5) is 0 Å². The van der Waals surface area contributed by atoms with Crippen LogP contribution in [0, 0.1) is 6.92 Å². The molecule has 106 valence electrons. The van der Waals surface area contributed by atoms with E-state index in [2.05, 4.69) is 0 Å². The normalized spacial score (nSPS) is 11.7. The van der Waals surface area contributed by atoms with Gasteiger partial charge in [-0.2, -0.15) is 0 Å². The lowest BCUT2D eigenvalue weighted by molar-refractivity contribution is 0.595. The van der Waals surface area contributed by atoms with Crippen LogP contribution in [0.2, 0.25) is 6.04 Å². The van der Waals surface area contributed by atoms with E-state index in [0.29, 0.717) is 4.90 Å². The molecule has 0 unspecified atom stereocenters. The van der Waals surface area contributed by atoms with Gasteiger partial charge in [-0.15, -0.1) is 0 Å². The summed E-state index contributed by atoms with van der Waals surface area (Å²) in [4.78, 5) is 0.395. The molecule has 0 aliphatic heterocycles. The molecule has 0 saturated heterocycles. The van der Waals surface area contributed by atoms with Gasteiger partial charge in [0.2, 0.25) is 0 Å². The minimum Gasteiger partial charge on any atom is -0.223 e. The van der Waals surface area contributed by atoms with Crippen LogP contribution in [-0.2, 0) is 22.0 Å². The smallest absolute Gasteiger partial charge is 0.182 e. The van der Waals surface area contributed by atoms with Crippen molar-refractivity contribution in [2.75, 3.05) is 0 Å². The standard InChI is InChI=1S/C16H20O2SSi/c1-13-2-8-16(9-3-13)19(17,18)12-15-6-4-14(5-7-15)10-11-20/h2-9H,10-12H2,1,20H3. The fourth-order valence-corrected chi connectivity index (χ4v) is 4.07. The highest BCUT2D eigenvalue weighted by atomic mass is 32.2. The summed E-state index contributed by atoms with van der Waals surface area (Å²) in [6, 6.07) is 16.2. The summed E-state index contributed by atoms with van der Waals surface area (Å²) in [6.07, 6.45) is 1.09. The topological polar surface area (TPSA) is 34.1 Å². The van der Waals surface area contributed by atoms with Crippen LogP contribution >= 0.6 is 0 Å². The van der Waals surface area contributed by atoms with Gasteiger partial charge in [0, 0.05) is 10.2 Å². The first kappa shape index (κ1) is 15.0. The lowest BCUT2D eigenvalue weighted by atomic mass is 10.1. The monoisotopic (exact) mass is 304 g/mol. The molecule has 0 atom stereocenters. The first-order valence-electron chi connectivity index (χ1n) is 6.88. The molecule has 2 aromatic carbocycles. The van der Waals surface area contributed by atoms with Crippen molar-refractivity contribution in [2.24, 2.45) is 0 Å². The van der Waals surface area contributed by atoms with Crippen molar-refractivity contribution in [1.82, 2.24) is 0 Å². The Morgan fingerprint density at radius 1 is 0.900 bits per heavy atom. The van der Waals surface area contributed by atoms with Gasteiger partial charge >= 0.3 is 0 Å². The molecule has 2 rings (SSSR count). The van der Waals surface area contributed by atoms with Gasteiger partial charge in [0.15, 0.2) is 9.84 Å². The molecule has 0 saturated carbocycles. The molecular formula is C16H20O2SSi. The van der Waals surface area contributed by atoms with Crippen molar-refractivity contribution in [2.45, 2.75) is 30.0 Å². The molecule has 0 spiro atoms. The average molecular weight is 304 g/mol. The van der Waals surface area contributed by atoms with E-state index in [1.54, 1.807) is 12.1 Å². The average Bonchev–Trinajstić information content (AvgIpc) is 2.41. The van der Waals surface area contributed by atoms with Gasteiger partial charge in [0.25, 0.3) is 0 Å². The number of sulfone groups is 1. The quantitative estimate of drug-likeness (QED) is 0.794. The Hall–Kier alpha value is -1.39. The first-order valence-corrected chi connectivity index (χ1v) is 9.95. The molecule has 0 aliphatic carbocycles. The second kappa shape index (κ2) is 6.37. The van der Waals surface area contributed by atoms with Gasteiger partial charge in [-0.1, -0.05) is 48.0 Å². The molecule has 20 heavy (non-hydrogen) atoms. The van der Waals surface area contributed by atoms with Crippen molar-refractivity contribution < 1.29 is 8.42 Å². The van der Waals surface area contributed by atoms with Crippen molar-refractivity contribution in [1.29, 1.82) is 0 Å². The van der Waals surface area contributed by atoms with Crippen molar-refractivity contribution in [3.05, 3.63) is 65.2 Å². The Kier molecular flexibility index (Phi) is 4.78. The van der Waals surface area contributed by atoms with Crippen LogP contribution in [0.3, 0.4) is 0 Å². The fraction of sp³-hybridized carbons (Fsp3) is 0.250. The highest BCUT2D eigenvalue weighted by Gasteiger charge is 2.14. The summed E-state index contributed by atoms with van der Waals surface area (Å²) in [5.41, 5.74) is 3.20. The summed E-state index contributed by atoms with van der Waals surface area (Å²) in [7, 11) is -2.05. The Labute approximate surface area is 124 Å². The first-order chi connectivity index (χ1) is 9.51. The maximum atomic E-state index is 12.3. The Balaban J connectivity index is 2.17. The predicted molar refractivity (Wildman–Crippen MR) is 87.0 cm³/mol. The molecule has 4 heteroatoms. The van der Waals surface area contributed by atoms with Crippen LogP contribution in [0.5, 0.6) is 0 Å². The molecule has 0 N–H and O–H groups in total. The lowest BCUT2D eigenvalue weighted by Crippen LogP contribution is -2.05. The van der Waals surface area contributed by atoms with E-state index in [1.165, 1.54) is 21.9 Å². The molecule has 0 radical (unpaired) electrons. The molecular weight excluding hydrogens is 284 g/mol. The summed E-state index contributed by atoms with van der Waals surface area (Å²) in [6.45, 7) is 1.95. The SMILES string of the molecule is Cc1ccc(S(=O)(=O)Cc2ccc(CC[SiH3])cc2)cc1. The second-order valence-corrected chi connectivity index (χ2v) is 8.13. The zero-order chi connectivity index (χ0) is 14.6. The summed E-state index contributed by atoms with van der Waals surface area (Å²) in [5.74, 6) is 0.0667. The molecule has 0 bridgehead atoms. The van der Waals surface area contributed by atoms with Gasteiger partial charge in [0.05, 0.1) is 10.6 Å². The van der Waals surface area contributed by atoms with Gasteiger partial charge < -0.3 is 0 Å². The van der Waals surface area contributed by atoms with Gasteiger partial charge in [-0.25, -0.2) is 8.42 Å². The van der Waals surface area contributed by atoms with Gasteiger partial charge in [0.1, 0.15) is 0 Å². The number of rotatable bonds is 5. The molecule has 0 aromatic heterocycles. The highest BCUT2D eigenvalue weighted by Crippen LogP contribution is 2.17. The van der Waals surface area contributed by atoms with E-state index in [0.717, 1.165) is 17.5 Å². The summed E-state index contributed by atoms with van der Waals surface area (Å²) in [5, 5.41) is 0. The van der Waals surface area contributed by atoms with E-state index < -0.39 is 9.84 Å². The van der Waals surface area contributed by atoms with Gasteiger partial charge in [-0.05, 0) is 36.6 Å². The number of hydrogen-bond acceptors (Lipinski definition) is 2. The third-order valence-electron chi connectivity index (χ3n) is 3.30. The predicted octanol–water partition coefficient (Wildman–Crippen LogP) is 2.30. The molecule has 0 amide bonds. The zero-order valence-corrected chi connectivity index (χ0v) is 14.8. The van der Waals surface area contributed by atoms with E-state index in [-0.39, 0.29) is 5.75 Å². The van der Waals surface area contributed by atoms with Crippen LogP contribution < -0.4 is 0 Å². The largest absolute Gasteiger partial charge is 0.223 e. The van der Waals surface area contributed by atoms with Crippen LogP contribution in [0.15, 0.2) is 53.4 Å². The number of benzene rings is 2. The van der Waals surface area contributed by atoms with Crippen molar-refractivity contribution in [3.8, 4) is 0 Å². The Bertz CT molecular complexity index is 659. The van der Waals surface area contributed by atoms with Crippen LogP contribution in [0.1, 0.15) is 16.7 Å². The highest BCUT2D eigenvalue weighted by molar-refractivity contribution is 7.90. The second-order valence-electron chi connectivity index (χ2n) is 5.14. The molecule has 0 fully saturated rings. The van der Waals surface area contributed by atoms with Crippen LogP contribution in [0.25, 0.3) is 0 Å². The fourth-order valence-electron chi connectivity index (χ4n) is 2.14. The Morgan fingerprint density at radius 2 is 1.45 bits per heavy atom. The number of aryl methyl sites for hydroxylation is 2. The third kappa shape index (κ3) is 3.80.